The number of likely N-dealkylation sites (N-methyl/N-ethyl adjacent to an activating group) is 1. The van der Waals surface area contributed by atoms with Gasteiger partial charge in [-0.1, -0.05) is 12.8 Å². The molecule has 3 fully saturated rings. The number of carbonyl (C=O) groups is 2. The highest BCUT2D eigenvalue weighted by molar-refractivity contribution is 5.82. The summed E-state index contributed by atoms with van der Waals surface area (Å²) in [6.45, 7) is 6.12. The van der Waals surface area contributed by atoms with Gasteiger partial charge in [0, 0.05) is 38.8 Å². The summed E-state index contributed by atoms with van der Waals surface area (Å²) < 4.78 is 0. The van der Waals surface area contributed by atoms with Crippen molar-refractivity contribution in [2.24, 2.45) is 5.92 Å². The van der Waals surface area contributed by atoms with E-state index in [1.807, 2.05) is 11.8 Å². The molecule has 0 aromatic heterocycles. The van der Waals surface area contributed by atoms with Gasteiger partial charge in [-0.2, -0.15) is 0 Å². The number of fused-ring (bicyclic) bond motifs is 1. The third kappa shape index (κ3) is 4.04. The second-order valence-corrected chi connectivity index (χ2v) is 7.16. The van der Waals surface area contributed by atoms with E-state index in [-0.39, 0.29) is 17.9 Å². The maximum absolute atomic E-state index is 12.7. The normalized spacial score (nSPS) is 31.7. The average molecular weight is 322 g/mol. The fourth-order valence-corrected chi connectivity index (χ4v) is 4.31. The van der Waals surface area contributed by atoms with Gasteiger partial charge in [0.05, 0.1) is 12.6 Å². The summed E-state index contributed by atoms with van der Waals surface area (Å²) in [5.74, 6) is 1.06. The van der Waals surface area contributed by atoms with Gasteiger partial charge >= 0.3 is 0 Å². The number of amides is 2. The molecule has 6 heteroatoms. The van der Waals surface area contributed by atoms with E-state index >= 15 is 0 Å². The molecule has 1 aliphatic carbocycles. The number of carbonyl (C=O) groups excluding carboxylic acids is 2. The minimum atomic E-state index is 0.0260. The molecule has 23 heavy (non-hydrogen) atoms. The summed E-state index contributed by atoms with van der Waals surface area (Å²) in [5.41, 5.74) is 0. The van der Waals surface area contributed by atoms with Crippen molar-refractivity contribution in [2.75, 3.05) is 39.3 Å². The highest BCUT2D eigenvalue weighted by Crippen LogP contribution is 2.33. The quantitative estimate of drug-likeness (QED) is 0.775. The SMILES string of the molecule is CCNC(=O)CN1CCN(C(=O)C2CC3CCCCC3N2)CC1. The maximum Gasteiger partial charge on any atom is 0.239 e. The molecule has 0 bridgehead atoms. The van der Waals surface area contributed by atoms with Gasteiger partial charge in [-0.15, -0.1) is 0 Å². The van der Waals surface area contributed by atoms with Gasteiger partial charge in [-0.05, 0) is 32.1 Å². The molecule has 2 saturated heterocycles. The Hall–Kier alpha value is -1.14. The Bertz CT molecular complexity index is 420. The summed E-state index contributed by atoms with van der Waals surface area (Å²) in [7, 11) is 0. The molecular formula is C17H30N4O2. The summed E-state index contributed by atoms with van der Waals surface area (Å²) in [6.07, 6.45) is 6.15. The summed E-state index contributed by atoms with van der Waals surface area (Å²) >= 11 is 0. The van der Waals surface area contributed by atoms with Crippen LogP contribution in [-0.2, 0) is 9.59 Å². The number of nitrogens with zero attached hydrogens (tertiary/aromatic N) is 2. The summed E-state index contributed by atoms with van der Waals surface area (Å²) in [4.78, 5) is 28.5. The van der Waals surface area contributed by atoms with Gasteiger partial charge in [0.25, 0.3) is 0 Å². The lowest BCUT2D eigenvalue weighted by atomic mass is 9.85. The molecule has 130 valence electrons. The molecule has 3 aliphatic rings. The van der Waals surface area contributed by atoms with Crippen molar-refractivity contribution < 1.29 is 9.59 Å². The molecule has 3 atom stereocenters. The predicted molar refractivity (Wildman–Crippen MR) is 89.0 cm³/mol. The topological polar surface area (TPSA) is 64.7 Å². The second kappa shape index (κ2) is 7.62. The van der Waals surface area contributed by atoms with Crippen LogP contribution in [0.5, 0.6) is 0 Å². The lowest BCUT2D eigenvalue weighted by Gasteiger charge is -2.35. The second-order valence-electron chi connectivity index (χ2n) is 7.16. The van der Waals surface area contributed by atoms with Crippen molar-refractivity contribution in [3.8, 4) is 0 Å². The number of rotatable bonds is 4. The first-order valence-corrected chi connectivity index (χ1v) is 9.21. The highest BCUT2D eigenvalue weighted by Gasteiger charge is 2.40. The maximum atomic E-state index is 12.7. The van der Waals surface area contributed by atoms with Crippen molar-refractivity contribution >= 4 is 11.8 Å². The monoisotopic (exact) mass is 322 g/mol. The summed E-state index contributed by atoms with van der Waals surface area (Å²) in [5, 5.41) is 6.41. The van der Waals surface area contributed by atoms with Crippen LogP contribution in [0.3, 0.4) is 0 Å². The Kier molecular flexibility index (Phi) is 5.54. The molecule has 2 aliphatic heterocycles. The largest absolute Gasteiger partial charge is 0.355 e. The van der Waals surface area contributed by atoms with E-state index in [9.17, 15) is 9.59 Å². The zero-order chi connectivity index (χ0) is 16.2. The van der Waals surface area contributed by atoms with Crippen LogP contribution >= 0.6 is 0 Å². The van der Waals surface area contributed by atoms with Gasteiger partial charge in [0.15, 0.2) is 0 Å². The van der Waals surface area contributed by atoms with E-state index in [2.05, 4.69) is 15.5 Å². The minimum Gasteiger partial charge on any atom is -0.355 e. The van der Waals surface area contributed by atoms with E-state index < -0.39 is 0 Å². The van der Waals surface area contributed by atoms with Gasteiger partial charge in [0.2, 0.25) is 11.8 Å². The molecule has 0 aromatic carbocycles. The first-order valence-electron chi connectivity index (χ1n) is 9.21. The molecule has 0 aromatic rings. The van der Waals surface area contributed by atoms with Crippen molar-refractivity contribution in [3.05, 3.63) is 0 Å². The van der Waals surface area contributed by atoms with Crippen LogP contribution < -0.4 is 10.6 Å². The van der Waals surface area contributed by atoms with E-state index in [1.54, 1.807) is 0 Å². The molecule has 1 saturated carbocycles. The van der Waals surface area contributed by atoms with E-state index in [0.717, 1.165) is 32.6 Å². The molecular weight excluding hydrogens is 292 g/mol. The molecule has 0 radical (unpaired) electrons. The molecule has 2 N–H and O–H groups in total. The fourth-order valence-electron chi connectivity index (χ4n) is 4.31. The van der Waals surface area contributed by atoms with E-state index in [1.165, 1.54) is 25.7 Å². The highest BCUT2D eigenvalue weighted by atomic mass is 16.2. The molecule has 2 amide bonds. The van der Waals surface area contributed by atoms with Crippen molar-refractivity contribution in [1.82, 2.24) is 20.4 Å². The number of piperazine rings is 1. The van der Waals surface area contributed by atoms with Gasteiger partial charge in [-0.25, -0.2) is 0 Å². The molecule has 6 nitrogen and oxygen atoms in total. The molecule has 2 heterocycles. The van der Waals surface area contributed by atoms with Crippen LogP contribution in [-0.4, -0.2) is 73.0 Å². The Morgan fingerprint density at radius 2 is 1.87 bits per heavy atom. The predicted octanol–water partition coefficient (Wildman–Crippen LogP) is 0.187. The van der Waals surface area contributed by atoms with Crippen LogP contribution in [0, 0.1) is 5.92 Å². The average Bonchev–Trinajstić information content (AvgIpc) is 2.99. The number of hydrogen-bond donors (Lipinski definition) is 2. The van der Waals surface area contributed by atoms with E-state index in [4.69, 9.17) is 0 Å². The summed E-state index contributed by atoms with van der Waals surface area (Å²) in [6, 6.07) is 0.592. The zero-order valence-corrected chi connectivity index (χ0v) is 14.2. The van der Waals surface area contributed by atoms with Crippen LogP contribution in [0.15, 0.2) is 0 Å². The number of nitrogens with one attached hydrogen (secondary N) is 2. The van der Waals surface area contributed by atoms with Crippen LogP contribution in [0.1, 0.15) is 39.0 Å². The Morgan fingerprint density at radius 3 is 2.57 bits per heavy atom. The fraction of sp³-hybridized carbons (Fsp3) is 0.882. The van der Waals surface area contributed by atoms with Gasteiger partial charge < -0.3 is 15.5 Å². The van der Waals surface area contributed by atoms with Gasteiger partial charge in [-0.3, -0.25) is 14.5 Å². The smallest absolute Gasteiger partial charge is 0.239 e. The zero-order valence-electron chi connectivity index (χ0n) is 14.2. The first-order chi connectivity index (χ1) is 11.2. The molecule has 3 rings (SSSR count). The first kappa shape index (κ1) is 16.7. The molecule has 0 spiro atoms. The minimum absolute atomic E-state index is 0.0260. The standard InChI is InChI=1S/C17H30N4O2/c1-2-18-16(22)12-20-7-9-21(10-8-20)17(23)15-11-13-5-3-4-6-14(13)19-15/h13-15,19H,2-12H2,1H3,(H,18,22). The van der Waals surface area contributed by atoms with Crippen molar-refractivity contribution in [3.63, 3.8) is 0 Å². The molecule has 3 unspecified atom stereocenters. The van der Waals surface area contributed by atoms with Crippen LogP contribution in [0.4, 0.5) is 0 Å². The van der Waals surface area contributed by atoms with Gasteiger partial charge in [0.1, 0.15) is 0 Å². The van der Waals surface area contributed by atoms with Crippen molar-refractivity contribution in [1.29, 1.82) is 0 Å². The lowest BCUT2D eigenvalue weighted by Crippen LogP contribution is -2.54. The number of hydrogen-bond acceptors (Lipinski definition) is 4. The van der Waals surface area contributed by atoms with Crippen molar-refractivity contribution in [2.45, 2.75) is 51.1 Å². The Labute approximate surface area is 139 Å². The third-order valence-electron chi connectivity index (χ3n) is 5.59. The Balaban J connectivity index is 1.44. The van der Waals surface area contributed by atoms with Crippen LogP contribution in [0.25, 0.3) is 0 Å². The Morgan fingerprint density at radius 1 is 1.13 bits per heavy atom. The van der Waals surface area contributed by atoms with Crippen LogP contribution in [0.2, 0.25) is 0 Å². The van der Waals surface area contributed by atoms with E-state index in [0.29, 0.717) is 25.0 Å². The third-order valence-corrected chi connectivity index (χ3v) is 5.59. The lowest BCUT2D eigenvalue weighted by molar-refractivity contribution is -0.135.